The molecule has 1 heterocycles. The third-order valence-corrected chi connectivity index (χ3v) is 1.31. The first-order chi connectivity index (χ1) is 6.72. The van der Waals surface area contributed by atoms with Crippen LogP contribution in [-0.2, 0) is 4.79 Å². The average Bonchev–Trinajstić information content (AvgIpc) is 2.15. The van der Waals surface area contributed by atoms with E-state index in [1.807, 2.05) is 0 Å². The molecule has 1 aromatic rings. The van der Waals surface area contributed by atoms with E-state index in [9.17, 15) is 9.59 Å². The molecule has 1 aromatic heterocycles. The van der Waals surface area contributed by atoms with Crippen molar-refractivity contribution >= 4 is 12.4 Å². The fraction of sp³-hybridized carbons (Fsp3) is 0.250. The van der Waals surface area contributed by atoms with E-state index in [4.69, 9.17) is 4.74 Å². The Balaban J connectivity index is 2.51. The Morgan fingerprint density at radius 2 is 2.43 bits per heavy atom. The predicted octanol–water partition coefficient (Wildman–Crippen LogP) is 0.0723. The van der Waals surface area contributed by atoms with E-state index < -0.39 is 6.09 Å². The van der Waals surface area contributed by atoms with Crippen LogP contribution in [-0.4, -0.2) is 28.9 Å². The van der Waals surface area contributed by atoms with Crippen molar-refractivity contribution in [2.24, 2.45) is 0 Å². The summed E-state index contributed by atoms with van der Waals surface area (Å²) in [4.78, 5) is 28.4. The summed E-state index contributed by atoms with van der Waals surface area (Å²) in [5.41, 5.74) is 0.693. The molecular weight excluding hydrogens is 186 g/mol. The van der Waals surface area contributed by atoms with Crippen LogP contribution < -0.4 is 10.1 Å². The molecule has 0 aliphatic heterocycles. The summed E-state index contributed by atoms with van der Waals surface area (Å²) in [6.07, 6.45) is 1.14. The summed E-state index contributed by atoms with van der Waals surface area (Å²) in [6, 6.07) is 1.51. The molecule has 0 saturated heterocycles. The van der Waals surface area contributed by atoms with Gasteiger partial charge in [0.05, 0.1) is 6.54 Å². The van der Waals surface area contributed by atoms with Gasteiger partial charge in [0.2, 0.25) is 5.88 Å². The summed E-state index contributed by atoms with van der Waals surface area (Å²) in [7, 11) is 0. The summed E-state index contributed by atoms with van der Waals surface area (Å²) in [5, 5.41) is 2.21. The molecule has 1 N–H and O–H groups in total. The van der Waals surface area contributed by atoms with Gasteiger partial charge in [-0.25, -0.2) is 14.8 Å². The van der Waals surface area contributed by atoms with E-state index in [0.29, 0.717) is 12.0 Å². The Hall–Kier alpha value is -1.98. The first-order valence-electron chi connectivity index (χ1n) is 3.90. The van der Waals surface area contributed by atoms with Crippen molar-refractivity contribution in [2.45, 2.75) is 6.92 Å². The van der Waals surface area contributed by atoms with Crippen molar-refractivity contribution in [1.29, 1.82) is 0 Å². The maximum atomic E-state index is 10.9. The molecule has 0 bridgehead atoms. The minimum Gasteiger partial charge on any atom is -0.391 e. The van der Waals surface area contributed by atoms with Gasteiger partial charge in [-0.3, -0.25) is 0 Å². The number of nitrogens with zero attached hydrogens (tertiary/aromatic N) is 2. The molecule has 0 unspecified atom stereocenters. The molecule has 1 rings (SSSR count). The highest BCUT2D eigenvalue weighted by Gasteiger charge is 2.03. The van der Waals surface area contributed by atoms with Gasteiger partial charge in [-0.2, -0.15) is 0 Å². The zero-order chi connectivity index (χ0) is 10.4. The molecular formula is C8H9N3O3. The lowest BCUT2D eigenvalue weighted by molar-refractivity contribution is -0.107. The normalized spacial score (nSPS) is 9.21. The topological polar surface area (TPSA) is 81.2 Å². The number of amides is 1. The van der Waals surface area contributed by atoms with Crippen molar-refractivity contribution in [1.82, 2.24) is 15.3 Å². The van der Waals surface area contributed by atoms with Gasteiger partial charge in [-0.15, -0.1) is 0 Å². The van der Waals surface area contributed by atoms with Crippen LogP contribution >= 0.6 is 0 Å². The van der Waals surface area contributed by atoms with Crippen LogP contribution in [0.1, 0.15) is 5.69 Å². The molecule has 0 spiro atoms. The van der Waals surface area contributed by atoms with Crippen molar-refractivity contribution in [3.63, 3.8) is 0 Å². The molecule has 6 heteroatoms. The van der Waals surface area contributed by atoms with Crippen molar-refractivity contribution in [3.05, 3.63) is 18.1 Å². The second-order valence-corrected chi connectivity index (χ2v) is 2.43. The predicted molar refractivity (Wildman–Crippen MR) is 46.9 cm³/mol. The maximum Gasteiger partial charge on any atom is 0.414 e. The van der Waals surface area contributed by atoms with Gasteiger partial charge in [0.25, 0.3) is 0 Å². The molecule has 0 saturated carbocycles. The molecule has 14 heavy (non-hydrogen) atoms. The number of aldehydes is 1. The van der Waals surface area contributed by atoms with Crippen LogP contribution in [0.5, 0.6) is 5.88 Å². The lowest BCUT2D eigenvalue weighted by atomic mass is 10.4. The van der Waals surface area contributed by atoms with Gasteiger partial charge < -0.3 is 14.8 Å². The third-order valence-electron chi connectivity index (χ3n) is 1.31. The van der Waals surface area contributed by atoms with Crippen LogP contribution in [0.25, 0.3) is 0 Å². The fourth-order valence-electron chi connectivity index (χ4n) is 0.742. The zero-order valence-electron chi connectivity index (χ0n) is 7.56. The Morgan fingerprint density at radius 3 is 3.07 bits per heavy atom. The summed E-state index contributed by atoms with van der Waals surface area (Å²) in [5.74, 6) is 0.154. The monoisotopic (exact) mass is 195 g/mol. The van der Waals surface area contributed by atoms with Crippen LogP contribution in [0.3, 0.4) is 0 Å². The molecule has 1 amide bonds. The van der Waals surface area contributed by atoms with Gasteiger partial charge in [0, 0.05) is 11.8 Å². The van der Waals surface area contributed by atoms with Gasteiger partial charge in [0.1, 0.15) is 12.6 Å². The summed E-state index contributed by atoms with van der Waals surface area (Å²) >= 11 is 0. The lowest BCUT2D eigenvalue weighted by Crippen LogP contribution is -2.28. The van der Waals surface area contributed by atoms with E-state index in [2.05, 4.69) is 15.3 Å². The Morgan fingerprint density at radius 1 is 1.64 bits per heavy atom. The van der Waals surface area contributed by atoms with Gasteiger partial charge in [-0.1, -0.05) is 0 Å². The van der Waals surface area contributed by atoms with E-state index in [-0.39, 0.29) is 12.4 Å². The molecule has 6 nitrogen and oxygen atoms in total. The smallest absolute Gasteiger partial charge is 0.391 e. The van der Waals surface area contributed by atoms with Crippen LogP contribution in [0.4, 0.5) is 4.79 Å². The van der Waals surface area contributed by atoms with E-state index in [1.165, 1.54) is 12.4 Å². The summed E-state index contributed by atoms with van der Waals surface area (Å²) < 4.78 is 4.74. The zero-order valence-corrected chi connectivity index (χ0v) is 7.56. The third kappa shape index (κ3) is 3.18. The van der Waals surface area contributed by atoms with Crippen molar-refractivity contribution in [2.75, 3.05) is 6.54 Å². The van der Waals surface area contributed by atoms with Gasteiger partial charge in [0.15, 0.2) is 0 Å². The van der Waals surface area contributed by atoms with E-state index >= 15 is 0 Å². The van der Waals surface area contributed by atoms with Crippen LogP contribution in [0.2, 0.25) is 0 Å². The molecule has 74 valence electrons. The quantitative estimate of drug-likeness (QED) is 0.690. The number of hydrogen-bond acceptors (Lipinski definition) is 5. The number of nitrogens with one attached hydrogen (secondary N) is 1. The molecule has 0 fully saturated rings. The largest absolute Gasteiger partial charge is 0.414 e. The van der Waals surface area contributed by atoms with Gasteiger partial charge in [-0.05, 0) is 6.92 Å². The number of carbonyl (C=O) groups is 2. The Labute approximate surface area is 80.3 Å². The van der Waals surface area contributed by atoms with Crippen molar-refractivity contribution < 1.29 is 14.3 Å². The molecule has 0 atom stereocenters. The molecule has 0 aliphatic carbocycles. The van der Waals surface area contributed by atoms with Gasteiger partial charge >= 0.3 is 6.09 Å². The first-order valence-corrected chi connectivity index (χ1v) is 3.90. The minimum absolute atomic E-state index is 0.0805. The molecule has 0 aliphatic rings. The average molecular weight is 195 g/mol. The second kappa shape index (κ2) is 4.90. The minimum atomic E-state index is -0.713. The number of aryl methyl sites for hydroxylation is 1. The highest BCUT2D eigenvalue weighted by molar-refractivity contribution is 5.72. The van der Waals surface area contributed by atoms with E-state index in [1.54, 1.807) is 6.92 Å². The van der Waals surface area contributed by atoms with Crippen LogP contribution in [0.15, 0.2) is 12.4 Å². The number of aromatic nitrogens is 2. The number of rotatable bonds is 3. The second-order valence-electron chi connectivity index (χ2n) is 2.43. The maximum absolute atomic E-state index is 10.9. The Bertz CT molecular complexity index is 340. The number of hydrogen-bond donors (Lipinski definition) is 1. The van der Waals surface area contributed by atoms with Crippen LogP contribution in [0, 0.1) is 6.92 Å². The standard InChI is InChI=1S/C8H9N3O3/c1-6-4-7(11-5-10-6)14-8(13)9-2-3-12/h3-5H,2H2,1H3,(H,9,13). The lowest BCUT2D eigenvalue weighted by Gasteiger charge is -2.02. The fourth-order valence-corrected chi connectivity index (χ4v) is 0.742. The molecule has 0 radical (unpaired) electrons. The molecule has 0 aromatic carbocycles. The van der Waals surface area contributed by atoms with E-state index in [0.717, 1.165) is 0 Å². The highest BCUT2D eigenvalue weighted by atomic mass is 16.6. The number of carbonyl (C=O) groups excluding carboxylic acids is 2. The Kier molecular flexibility index (Phi) is 3.54. The highest BCUT2D eigenvalue weighted by Crippen LogP contribution is 2.05. The summed E-state index contributed by atoms with van der Waals surface area (Å²) in [6.45, 7) is 1.67. The van der Waals surface area contributed by atoms with Crippen molar-refractivity contribution in [3.8, 4) is 5.88 Å². The first kappa shape index (κ1) is 10.1. The number of ether oxygens (including phenoxy) is 1. The SMILES string of the molecule is Cc1cc(OC(=O)NCC=O)ncn1.